The lowest BCUT2D eigenvalue weighted by Gasteiger charge is -2.12. The molecule has 4 heteroatoms. The molecule has 1 rings (SSSR count). The molecule has 0 aromatic carbocycles. The van der Waals surface area contributed by atoms with Crippen LogP contribution in [0.15, 0.2) is 6.07 Å². The molecule has 1 atom stereocenters. The molecule has 0 aliphatic heterocycles. The molecule has 1 aromatic heterocycles. The van der Waals surface area contributed by atoms with Crippen molar-refractivity contribution in [3.05, 3.63) is 17.5 Å². The number of ether oxygens (including phenoxy) is 1. The third kappa shape index (κ3) is 4.48. The summed E-state index contributed by atoms with van der Waals surface area (Å²) < 4.78 is 7.38. The summed E-state index contributed by atoms with van der Waals surface area (Å²) in [5, 5.41) is 4.53. The number of hydrogen-bond acceptors (Lipinski definition) is 3. The summed E-state index contributed by atoms with van der Waals surface area (Å²) in [7, 11) is 0. The van der Waals surface area contributed by atoms with E-state index in [4.69, 9.17) is 10.5 Å². The van der Waals surface area contributed by atoms with E-state index in [2.05, 4.69) is 29.7 Å². The number of hydrogen-bond donors (Lipinski definition) is 1. The van der Waals surface area contributed by atoms with Gasteiger partial charge >= 0.3 is 0 Å². The van der Waals surface area contributed by atoms with Crippen molar-refractivity contribution in [3.63, 3.8) is 0 Å². The van der Waals surface area contributed by atoms with Gasteiger partial charge in [-0.05, 0) is 32.8 Å². The Labute approximate surface area is 104 Å². The molecule has 0 radical (unpaired) electrons. The first-order valence-corrected chi connectivity index (χ1v) is 6.60. The molecule has 4 nitrogen and oxygen atoms in total. The normalized spacial score (nSPS) is 12.9. The zero-order chi connectivity index (χ0) is 12.7. The van der Waals surface area contributed by atoms with Crippen molar-refractivity contribution >= 4 is 0 Å². The van der Waals surface area contributed by atoms with Crippen molar-refractivity contribution in [2.75, 3.05) is 13.2 Å². The molecule has 0 aliphatic carbocycles. The average Bonchev–Trinajstić information content (AvgIpc) is 2.71. The minimum atomic E-state index is 0.160. The summed E-state index contributed by atoms with van der Waals surface area (Å²) >= 11 is 0. The summed E-state index contributed by atoms with van der Waals surface area (Å²) in [6, 6.07) is 2.33. The van der Waals surface area contributed by atoms with Crippen LogP contribution in [0, 0.1) is 0 Å². The molecule has 0 bridgehead atoms. The van der Waals surface area contributed by atoms with Gasteiger partial charge in [-0.2, -0.15) is 5.10 Å². The van der Waals surface area contributed by atoms with Gasteiger partial charge in [0.05, 0.1) is 5.69 Å². The Hall–Kier alpha value is -0.870. The Bertz CT molecular complexity index is 322. The van der Waals surface area contributed by atoms with Gasteiger partial charge in [0, 0.05) is 37.9 Å². The summed E-state index contributed by atoms with van der Waals surface area (Å²) in [6.07, 6.45) is 2.77. The van der Waals surface area contributed by atoms with Crippen LogP contribution >= 0.6 is 0 Å². The van der Waals surface area contributed by atoms with Crippen molar-refractivity contribution in [3.8, 4) is 0 Å². The number of nitrogens with two attached hydrogens (primary N) is 1. The first kappa shape index (κ1) is 14.2. The molecule has 0 saturated carbocycles. The Morgan fingerprint density at radius 2 is 2.18 bits per heavy atom. The van der Waals surface area contributed by atoms with Gasteiger partial charge in [-0.15, -0.1) is 0 Å². The van der Waals surface area contributed by atoms with E-state index in [1.807, 2.05) is 6.92 Å². The predicted octanol–water partition coefficient (Wildman–Crippen LogP) is 1.76. The lowest BCUT2D eigenvalue weighted by atomic mass is 10.1. The highest BCUT2D eigenvalue weighted by atomic mass is 16.5. The molecule has 1 heterocycles. The second-order valence-electron chi connectivity index (χ2n) is 4.25. The third-order valence-electron chi connectivity index (χ3n) is 2.88. The Balaban J connectivity index is 2.51. The maximum atomic E-state index is 6.10. The Morgan fingerprint density at radius 3 is 2.76 bits per heavy atom. The molecule has 0 fully saturated rings. The largest absolute Gasteiger partial charge is 0.382 e. The first-order valence-electron chi connectivity index (χ1n) is 6.60. The Kier molecular flexibility index (Phi) is 6.22. The summed E-state index contributed by atoms with van der Waals surface area (Å²) in [5.74, 6) is 0. The van der Waals surface area contributed by atoms with Crippen LogP contribution < -0.4 is 5.73 Å². The predicted molar refractivity (Wildman–Crippen MR) is 70.1 cm³/mol. The number of aryl methyl sites for hydroxylation is 2. The fourth-order valence-electron chi connectivity index (χ4n) is 1.88. The molecule has 2 N–H and O–H groups in total. The number of aromatic nitrogens is 2. The van der Waals surface area contributed by atoms with E-state index in [0.29, 0.717) is 0 Å². The van der Waals surface area contributed by atoms with E-state index >= 15 is 0 Å². The molecular weight excluding hydrogens is 214 g/mol. The molecule has 0 spiro atoms. The Morgan fingerprint density at radius 1 is 1.41 bits per heavy atom. The molecule has 17 heavy (non-hydrogen) atoms. The fraction of sp³-hybridized carbons (Fsp3) is 0.769. The van der Waals surface area contributed by atoms with Crippen molar-refractivity contribution in [1.82, 2.24) is 9.78 Å². The fourth-order valence-corrected chi connectivity index (χ4v) is 1.88. The molecule has 0 amide bonds. The van der Waals surface area contributed by atoms with Crippen molar-refractivity contribution in [2.45, 2.75) is 52.6 Å². The lowest BCUT2D eigenvalue weighted by Crippen LogP contribution is -2.26. The highest BCUT2D eigenvalue weighted by Gasteiger charge is 2.10. The lowest BCUT2D eigenvalue weighted by molar-refractivity contribution is 0.139. The summed E-state index contributed by atoms with van der Waals surface area (Å²) in [5.41, 5.74) is 8.50. The van der Waals surface area contributed by atoms with Crippen LogP contribution in [-0.4, -0.2) is 29.0 Å². The molecular formula is C13H25N3O. The third-order valence-corrected chi connectivity index (χ3v) is 2.88. The molecule has 1 unspecified atom stereocenters. The van der Waals surface area contributed by atoms with Crippen LogP contribution in [0.3, 0.4) is 0 Å². The van der Waals surface area contributed by atoms with Crippen molar-refractivity contribution in [2.24, 2.45) is 5.73 Å². The van der Waals surface area contributed by atoms with E-state index in [1.54, 1.807) is 0 Å². The molecule has 98 valence electrons. The molecule has 1 aromatic rings. The summed E-state index contributed by atoms with van der Waals surface area (Å²) in [6.45, 7) is 8.67. The highest BCUT2D eigenvalue weighted by Crippen LogP contribution is 2.09. The second kappa shape index (κ2) is 7.45. The van der Waals surface area contributed by atoms with Crippen LogP contribution in [0.5, 0.6) is 0 Å². The van der Waals surface area contributed by atoms with E-state index in [9.17, 15) is 0 Å². The topological polar surface area (TPSA) is 53.1 Å². The second-order valence-corrected chi connectivity index (χ2v) is 4.25. The van der Waals surface area contributed by atoms with Crippen LogP contribution in [0.25, 0.3) is 0 Å². The number of nitrogens with zero attached hydrogens (tertiary/aromatic N) is 2. The maximum absolute atomic E-state index is 6.10. The van der Waals surface area contributed by atoms with Gasteiger partial charge in [0.25, 0.3) is 0 Å². The first-order chi connectivity index (χ1) is 8.21. The van der Waals surface area contributed by atoms with E-state index in [-0.39, 0.29) is 6.04 Å². The molecule has 0 aliphatic rings. The van der Waals surface area contributed by atoms with Crippen LogP contribution in [0.1, 0.15) is 38.6 Å². The van der Waals surface area contributed by atoms with Gasteiger partial charge < -0.3 is 10.5 Å². The summed E-state index contributed by atoms with van der Waals surface area (Å²) in [4.78, 5) is 0. The monoisotopic (exact) mass is 239 g/mol. The zero-order valence-electron chi connectivity index (χ0n) is 11.3. The maximum Gasteiger partial charge on any atom is 0.0624 e. The van der Waals surface area contributed by atoms with Gasteiger partial charge in [-0.25, -0.2) is 0 Å². The van der Waals surface area contributed by atoms with E-state index in [1.165, 1.54) is 5.69 Å². The van der Waals surface area contributed by atoms with Crippen LogP contribution in [0.2, 0.25) is 0 Å². The highest BCUT2D eigenvalue weighted by molar-refractivity contribution is 5.11. The minimum Gasteiger partial charge on any atom is -0.382 e. The molecule has 0 saturated heterocycles. The van der Waals surface area contributed by atoms with E-state index in [0.717, 1.165) is 44.7 Å². The van der Waals surface area contributed by atoms with Gasteiger partial charge in [-0.1, -0.05) is 6.92 Å². The zero-order valence-corrected chi connectivity index (χ0v) is 11.3. The number of rotatable bonds is 8. The van der Waals surface area contributed by atoms with E-state index < -0.39 is 0 Å². The van der Waals surface area contributed by atoms with Gasteiger partial charge in [-0.3, -0.25) is 4.68 Å². The minimum absolute atomic E-state index is 0.160. The average molecular weight is 239 g/mol. The van der Waals surface area contributed by atoms with Gasteiger partial charge in [0.15, 0.2) is 0 Å². The van der Waals surface area contributed by atoms with Crippen molar-refractivity contribution < 1.29 is 4.74 Å². The smallest absolute Gasteiger partial charge is 0.0624 e. The SMILES string of the molecule is CCOCCC(N)Cc1cc(CC)nn1CC. The van der Waals surface area contributed by atoms with Crippen LogP contribution in [-0.2, 0) is 24.1 Å². The van der Waals surface area contributed by atoms with Gasteiger partial charge in [0.1, 0.15) is 0 Å². The van der Waals surface area contributed by atoms with Crippen LogP contribution in [0.4, 0.5) is 0 Å². The van der Waals surface area contributed by atoms with Gasteiger partial charge in [0.2, 0.25) is 0 Å². The van der Waals surface area contributed by atoms with Crippen molar-refractivity contribution in [1.29, 1.82) is 0 Å². The quantitative estimate of drug-likeness (QED) is 0.703. The standard InChI is InChI=1S/C13H25N3O/c1-4-12-10-13(16(5-2)15-12)9-11(14)7-8-17-6-3/h10-11H,4-9,14H2,1-3H3.